The third-order valence-corrected chi connectivity index (χ3v) is 5.80. The van der Waals surface area contributed by atoms with E-state index in [-0.39, 0.29) is 10.6 Å². The van der Waals surface area contributed by atoms with Crippen molar-refractivity contribution in [3.63, 3.8) is 0 Å². The van der Waals surface area contributed by atoms with Crippen LogP contribution in [-0.2, 0) is 14.8 Å². The van der Waals surface area contributed by atoms with Crippen molar-refractivity contribution in [3.8, 4) is 11.5 Å². The molecule has 146 valence electrons. The van der Waals surface area contributed by atoms with Crippen molar-refractivity contribution in [3.05, 3.63) is 42.0 Å². The number of hydrogen-bond donors (Lipinski definition) is 1. The standard InChI is InChI=1S/C19H24N2O5S/c1-14-4-6-18(25-3)19(12-14)27(22,23)20-16-13-15(5-7-17(16)24-2)21-8-10-26-11-9-21/h4-7,12-13,20H,8-11H2,1-3H3. The molecule has 0 aromatic heterocycles. The molecule has 27 heavy (non-hydrogen) atoms. The number of morpholine rings is 1. The number of nitrogens with zero attached hydrogens (tertiary/aromatic N) is 1. The second kappa shape index (κ2) is 8.06. The molecule has 0 spiro atoms. The molecule has 1 N–H and O–H groups in total. The molecule has 1 saturated heterocycles. The largest absolute Gasteiger partial charge is 0.495 e. The minimum absolute atomic E-state index is 0.0869. The van der Waals surface area contributed by atoms with Crippen LogP contribution in [0.15, 0.2) is 41.3 Å². The van der Waals surface area contributed by atoms with Gasteiger partial charge in [-0.2, -0.15) is 0 Å². The zero-order valence-corrected chi connectivity index (χ0v) is 16.5. The third-order valence-electron chi connectivity index (χ3n) is 4.41. The number of anilines is 2. The van der Waals surface area contributed by atoms with Gasteiger partial charge in [-0.1, -0.05) is 6.07 Å². The van der Waals surface area contributed by atoms with Gasteiger partial charge in [0.2, 0.25) is 0 Å². The Balaban J connectivity index is 1.97. The molecule has 0 radical (unpaired) electrons. The SMILES string of the molecule is COc1ccc(N2CCOCC2)cc1NS(=O)(=O)c1cc(C)ccc1OC. The first-order valence-electron chi connectivity index (χ1n) is 8.63. The van der Waals surface area contributed by atoms with Crippen molar-refractivity contribution in [2.45, 2.75) is 11.8 Å². The predicted molar refractivity (Wildman–Crippen MR) is 105 cm³/mol. The van der Waals surface area contributed by atoms with Crippen LogP contribution < -0.4 is 19.1 Å². The lowest BCUT2D eigenvalue weighted by atomic mass is 10.2. The number of ether oxygens (including phenoxy) is 3. The zero-order chi connectivity index (χ0) is 19.4. The number of benzene rings is 2. The molecule has 0 saturated carbocycles. The van der Waals surface area contributed by atoms with Crippen molar-refractivity contribution >= 4 is 21.4 Å². The van der Waals surface area contributed by atoms with E-state index in [4.69, 9.17) is 14.2 Å². The summed E-state index contributed by atoms with van der Waals surface area (Å²) in [5.74, 6) is 0.735. The van der Waals surface area contributed by atoms with Gasteiger partial charge in [0.1, 0.15) is 16.4 Å². The molecular weight excluding hydrogens is 368 g/mol. The van der Waals surface area contributed by atoms with Crippen LogP contribution >= 0.6 is 0 Å². The van der Waals surface area contributed by atoms with Gasteiger partial charge in [-0.15, -0.1) is 0 Å². The molecule has 3 rings (SSSR count). The molecule has 0 amide bonds. The Morgan fingerprint density at radius 3 is 2.33 bits per heavy atom. The lowest BCUT2D eigenvalue weighted by Gasteiger charge is -2.29. The Bertz CT molecular complexity index is 908. The molecule has 1 aliphatic heterocycles. The van der Waals surface area contributed by atoms with Crippen LogP contribution in [0.3, 0.4) is 0 Å². The van der Waals surface area contributed by atoms with Gasteiger partial charge in [-0.25, -0.2) is 8.42 Å². The number of aryl methyl sites for hydroxylation is 1. The first kappa shape index (κ1) is 19.3. The van der Waals surface area contributed by atoms with Crippen LogP contribution in [0.4, 0.5) is 11.4 Å². The fraction of sp³-hybridized carbons (Fsp3) is 0.368. The number of rotatable bonds is 6. The maximum atomic E-state index is 13.0. The molecule has 0 aliphatic carbocycles. The van der Waals surface area contributed by atoms with Crippen LogP contribution in [0.25, 0.3) is 0 Å². The first-order valence-corrected chi connectivity index (χ1v) is 10.1. The van der Waals surface area contributed by atoms with Crippen molar-refractivity contribution in [1.29, 1.82) is 0 Å². The van der Waals surface area contributed by atoms with Crippen LogP contribution in [0.5, 0.6) is 11.5 Å². The van der Waals surface area contributed by atoms with Crippen LogP contribution in [-0.4, -0.2) is 48.9 Å². The van der Waals surface area contributed by atoms with Crippen molar-refractivity contribution < 1.29 is 22.6 Å². The monoisotopic (exact) mass is 392 g/mol. The van der Waals surface area contributed by atoms with Gasteiger partial charge in [-0.05, 0) is 42.8 Å². The van der Waals surface area contributed by atoms with Crippen LogP contribution in [0.1, 0.15) is 5.56 Å². The molecule has 8 heteroatoms. The van der Waals surface area contributed by atoms with E-state index >= 15 is 0 Å². The van der Waals surface area contributed by atoms with Gasteiger partial charge in [0, 0.05) is 18.8 Å². The van der Waals surface area contributed by atoms with Gasteiger partial charge in [0.05, 0.1) is 33.1 Å². The third kappa shape index (κ3) is 4.28. The highest BCUT2D eigenvalue weighted by atomic mass is 32.2. The average molecular weight is 392 g/mol. The highest BCUT2D eigenvalue weighted by Crippen LogP contribution is 2.33. The summed E-state index contributed by atoms with van der Waals surface area (Å²) in [7, 11) is -0.900. The number of hydrogen-bond acceptors (Lipinski definition) is 6. The minimum atomic E-state index is -3.86. The van der Waals surface area contributed by atoms with Crippen LogP contribution in [0, 0.1) is 6.92 Å². The normalized spacial score (nSPS) is 14.7. The number of methoxy groups -OCH3 is 2. The topological polar surface area (TPSA) is 77.1 Å². The Hall–Kier alpha value is -2.45. The minimum Gasteiger partial charge on any atom is -0.495 e. The number of nitrogens with one attached hydrogen (secondary N) is 1. The summed E-state index contributed by atoms with van der Waals surface area (Å²) >= 11 is 0. The summed E-state index contributed by atoms with van der Waals surface area (Å²) in [5, 5.41) is 0. The van der Waals surface area contributed by atoms with Gasteiger partial charge in [0.15, 0.2) is 0 Å². The first-order chi connectivity index (χ1) is 12.9. The van der Waals surface area contributed by atoms with E-state index in [1.807, 2.05) is 13.0 Å². The highest BCUT2D eigenvalue weighted by Gasteiger charge is 2.22. The summed E-state index contributed by atoms with van der Waals surface area (Å²) in [6.07, 6.45) is 0. The van der Waals surface area contributed by atoms with E-state index in [1.165, 1.54) is 14.2 Å². The lowest BCUT2D eigenvalue weighted by Crippen LogP contribution is -2.36. The average Bonchev–Trinajstić information content (AvgIpc) is 2.68. The Morgan fingerprint density at radius 2 is 1.67 bits per heavy atom. The van der Waals surface area contributed by atoms with Gasteiger partial charge in [-0.3, -0.25) is 4.72 Å². The second-order valence-corrected chi connectivity index (χ2v) is 7.89. The maximum Gasteiger partial charge on any atom is 0.265 e. The van der Waals surface area contributed by atoms with E-state index in [2.05, 4.69) is 9.62 Å². The maximum absolute atomic E-state index is 13.0. The predicted octanol–water partition coefficient (Wildman–Crippen LogP) is 2.65. The van der Waals surface area contributed by atoms with Gasteiger partial charge >= 0.3 is 0 Å². The Morgan fingerprint density at radius 1 is 1.00 bits per heavy atom. The lowest BCUT2D eigenvalue weighted by molar-refractivity contribution is 0.122. The van der Waals surface area contributed by atoms with E-state index in [1.54, 1.807) is 30.3 Å². The Kier molecular flexibility index (Phi) is 5.76. The quantitative estimate of drug-likeness (QED) is 0.814. The summed E-state index contributed by atoms with van der Waals surface area (Å²) in [6, 6.07) is 10.5. The fourth-order valence-electron chi connectivity index (χ4n) is 2.99. The summed E-state index contributed by atoms with van der Waals surface area (Å²) in [4.78, 5) is 2.23. The molecule has 1 aliphatic rings. The van der Waals surface area contributed by atoms with Gasteiger partial charge < -0.3 is 19.1 Å². The van der Waals surface area contributed by atoms with Crippen molar-refractivity contribution in [1.82, 2.24) is 0 Å². The smallest absolute Gasteiger partial charge is 0.265 e. The molecule has 2 aromatic carbocycles. The fourth-order valence-corrected chi connectivity index (χ4v) is 4.30. The highest BCUT2D eigenvalue weighted by molar-refractivity contribution is 7.92. The van der Waals surface area contributed by atoms with E-state index < -0.39 is 10.0 Å². The Labute approximate surface area is 159 Å². The molecule has 7 nitrogen and oxygen atoms in total. The van der Waals surface area contributed by atoms with E-state index in [0.29, 0.717) is 24.7 Å². The molecular formula is C19H24N2O5S. The molecule has 0 bridgehead atoms. The second-order valence-electron chi connectivity index (χ2n) is 6.24. The molecule has 2 aromatic rings. The van der Waals surface area contributed by atoms with Crippen LogP contribution in [0.2, 0.25) is 0 Å². The summed E-state index contributed by atoms with van der Waals surface area (Å²) < 4.78 is 44.6. The molecule has 0 atom stereocenters. The summed E-state index contributed by atoms with van der Waals surface area (Å²) in [5.41, 5.74) is 2.11. The van der Waals surface area contributed by atoms with Gasteiger partial charge in [0.25, 0.3) is 10.0 Å². The molecule has 1 heterocycles. The zero-order valence-electron chi connectivity index (χ0n) is 15.7. The molecule has 1 fully saturated rings. The summed E-state index contributed by atoms with van der Waals surface area (Å²) in [6.45, 7) is 4.63. The van der Waals surface area contributed by atoms with E-state index in [9.17, 15) is 8.42 Å². The molecule has 0 unspecified atom stereocenters. The van der Waals surface area contributed by atoms with E-state index in [0.717, 1.165) is 24.3 Å². The van der Waals surface area contributed by atoms with Crippen molar-refractivity contribution in [2.75, 3.05) is 50.1 Å². The number of sulfonamides is 1. The van der Waals surface area contributed by atoms with Crippen molar-refractivity contribution in [2.24, 2.45) is 0 Å².